The van der Waals surface area contributed by atoms with Crippen molar-refractivity contribution in [3.05, 3.63) is 35.1 Å². The van der Waals surface area contributed by atoms with E-state index in [2.05, 4.69) is 0 Å². The molecule has 1 aliphatic heterocycles. The van der Waals surface area contributed by atoms with Crippen LogP contribution in [0, 0.1) is 24.6 Å². The number of aliphatic carboxylic acids is 1. The van der Waals surface area contributed by atoms with Crippen molar-refractivity contribution < 1.29 is 19.1 Å². The van der Waals surface area contributed by atoms with Gasteiger partial charge >= 0.3 is 5.97 Å². The van der Waals surface area contributed by atoms with Crippen LogP contribution in [0.15, 0.2) is 18.2 Å². The number of amides is 1. The molecule has 1 aliphatic rings. The molecule has 1 aromatic carbocycles. The first-order valence-electron chi connectivity index (χ1n) is 6.18. The number of nitrogens with zero attached hydrogens (tertiary/aromatic N) is 1. The number of carboxylic acids is 1. The molecule has 1 aromatic rings. The average Bonchev–Trinajstić information content (AvgIpc) is 2.30. The standard InChI is InChI=1S/C14H16FNO3/c1-8-3-4-10(5-12(8)15)13(17)16-6-11(7-16)9(2)14(18)19/h3-5,9,11H,6-7H2,1-2H3,(H,18,19). The lowest BCUT2D eigenvalue weighted by atomic mass is 9.86. The Morgan fingerprint density at radius 1 is 1.42 bits per heavy atom. The molecular weight excluding hydrogens is 249 g/mol. The highest BCUT2D eigenvalue weighted by Gasteiger charge is 2.37. The van der Waals surface area contributed by atoms with Gasteiger partial charge in [-0.05, 0) is 24.6 Å². The molecule has 4 nitrogen and oxygen atoms in total. The lowest BCUT2D eigenvalue weighted by molar-refractivity contribution is -0.144. The number of benzene rings is 1. The van der Waals surface area contributed by atoms with E-state index < -0.39 is 17.7 Å². The van der Waals surface area contributed by atoms with Crippen LogP contribution >= 0.6 is 0 Å². The lowest BCUT2D eigenvalue weighted by Crippen LogP contribution is -2.53. The Kier molecular flexibility index (Phi) is 3.55. The minimum atomic E-state index is -0.849. The molecule has 1 atom stereocenters. The molecule has 1 heterocycles. The topological polar surface area (TPSA) is 57.6 Å². The van der Waals surface area contributed by atoms with E-state index in [1.807, 2.05) is 0 Å². The highest BCUT2D eigenvalue weighted by atomic mass is 19.1. The van der Waals surface area contributed by atoms with Gasteiger partial charge in [-0.15, -0.1) is 0 Å². The van der Waals surface area contributed by atoms with Gasteiger partial charge in [0.05, 0.1) is 5.92 Å². The van der Waals surface area contributed by atoms with Crippen LogP contribution in [-0.2, 0) is 4.79 Å². The van der Waals surface area contributed by atoms with Crippen LogP contribution in [0.4, 0.5) is 4.39 Å². The monoisotopic (exact) mass is 265 g/mol. The molecule has 0 spiro atoms. The number of hydrogen-bond acceptors (Lipinski definition) is 2. The van der Waals surface area contributed by atoms with E-state index in [4.69, 9.17) is 5.11 Å². The molecule has 1 unspecified atom stereocenters. The van der Waals surface area contributed by atoms with Crippen molar-refractivity contribution in [2.24, 2.45) is 11.8 Å². The Hall–Kier alpha value is -1.91. The summed E-state index contributed by atoms with van der Waals surface area (Å²) in [5, 5.41) is 8.87. The van der Waals surface area contributed by atoms with E-state index in [-0.39, 0.29) is 11.8 Å². The van der Waals surface area contributed by atoms with Gasteiger partial charge in [-0.2, -0.15) is 0 Å². The van der Waals surface area contributed by atoms with Crippen LogP contribution in [0.25, 0.3) is 0 Å². The van der Waals surface area contributed by atoms with Crippen LogP contribution in [-0.4, -0.2) is 35.0 Å². The molecule has 0 saturated carbocycles. The SMILES string of the molecule is Cc1ccc(C(=O)N2CC(C(C)C(=O)O)C2)cc1F. The maximum atomic E-state index is 13.4. The maximum absolute atomic E-state index is 13.4. The van der Waals surface area contributed by atoms with Crippen molar-refractivity contribution in [1.29, 1.82) is 0 Å². The molecular formula is C14H16FNO3. The fourth-order valence-corrected chi connectivity index (χ4v) is 2.10. The van der Waals surface area contributed by atoms with Gasteiger partial charge in [-0.3, -0.25) is 9.59 Å². The molecule has 0 aromatic heterocycles. The highest BCUT2D eigenvalue weighted by molar-refractivity contribution is 5.94. The zero-order chi connectivity index (χ0) is 14.2. The molecule has 0 radical (unpaired) electrons. The van der Waals surface area contributed by atoms with Gasteiger partial charge in [0.2, 0.25) is 0 Å². The summed E-state index contributed by atoms with van der Waals surface area (Å²) in [7, 11) is 0. The van der Waals surface area contributed by atoms with E-state index in [0.29, 0.717) is 24.2 Å². The second-order valence-electron chi connectivity index (χ2n) is 5.06. The number of likely N-dealkylation sites (tertiary alicyclic amines) is 1. The predicted molar refractivity (Wildman–Crippen MR) is 67.3 cm³/mol. The molecule has 1 saturated heterocycles. The Morgan fingerprint density at radius 2 is 2.05 bits per heavy atom. The van der Waals surface area contributed by atoms with Crippen LogP contribution in [0.2, 0.25) is 0 Å². The van der Waals surface area contributed by atoms with Crippen molar-refractivity contribution in [3.63, 3.8) is 0 Å². The van der Waals surface area contributed by atoms with E-state index in [1.54, 1.807) is 30.9 Å². The lowest BCUT2D eigenvalue weighted by Gasteiger charge is -2.41. The molecule has 0 bridgehead atoms. The summed E-state index contributed by atoms with van der Waals surface area (Å²) in [6.07, 6.45) is 0. The zero-order valence-electron chi connectivity index (χ0n) is 10.9. The third kappa shape index (κ3) is 2.59. The normalized spacial score (nSPS) is 16.9. The average molecular weight is 265 g/mol. The number of carbonyl (C=O) groups excluding carboxylic acids is 1. The first-order chi connectivity index (χ1) is 8.90. The molecule has 19 heavy (non-hydrogen) atoms. The Balaban J connectivity index is 2.00. The molecule has 1 fully saturated rings. The minimum Gasteiger partial charge on any atom is -0.481 e. The summed E-state index contributed by atoms with van der Waals surface area (Å²) in [6, 6.07) is 4.39. The predicted octanol–water partition coefficient (Wildman–Crippen LogP) is 1.93. The number of rotatable bonds is 3. The summed E-state index contributed by atoms with van der Waals surface area (Å²) >= 11 is 0. The number of carboxylic acid groups (broad SMARTS) is 1. The van der Waals surface area contributed by atoms with Gasteiger partial charge in [0, 0.05) is 24.6 Å². The summed E-state index contributed by atoms with van der Waals surface area (Å²) < 4.78 is 13.4. The van der Waals surface area contributed by atoms with Gasteiger partial charge in [0.1, 0.15) is 5.82 Å². The zero-order valence-corrected chi connectivity index (χ0v) is 10.9. The number of carbonyl (C=O) groups is 2. The number of hydrogen-bond donors (Lipinski definition) is 1. The Morgan fingerprint density at radius 3 is 2.58 bits per heavy atom. The minimum absolute atomic E-state index is 0.0169. The summed E-state index contributed by atoms with van der Waals surface area (Å²) in [4.78, 5) is 24.4. The first kappa shape index (κ1) is 13.5. The van der Waals surface area contributed by atoms with Gasteiger partial charge < -0.3 is 10.0 Å². The first-order valence-corrected chi connectivity index (χ1v) is 6.18. The summed E-state index contributed by atoms with van der Waals surface area (Å²) in [6.45, 7) is 4.11. The highest BCUT2D eigenvalue weighted by Crippen LogP contribution is 2.26. The van der Waals surface area contributed by atoms with Gasteiger partial charge in [0.25, 0.3) is 5.91 Å². The molecule has 5 heteroatoms. The van der Waals surface area contributed by atoms with Crippen molar-refractivity contribution in [3.8, 4) is 0 Å². The van der Waals surface area contributed by atoms with Crippen LogP contribution in [0.3, 0.4) is 0 Å². The quantitative estimate of drug-likeness (QED) is 0.908. The van der Waals surface area contributed by atoms with Gasteiger partial charge in [-0.25, -0.2) is 4.39 Å². The van der Waals surface area contributed by atoms with Crippen molar-refractivity contribution in [2.75, 3.05) is 13.1 Å². The van der Waals surface area contributed by atoms with E-state index in [1.165, 1.54) is 6.07 Å². The van der Waals surface area contributed by atoms with E-state index in [0.717, 1.165) is 0 Å². The third-order valence-electron chi connectivity index (χ3n) is 3.71. The molecule has 2 rings (SSSR count). The molecule has 1 amide bonds. The summed E-state index contributed by atoms with van der Waals surface area (Å²) in [5.74, 6) is -1.97. The molecule has 1 N–H and O–H groups in total. The van der Waals surface area contributed by atoms with Crippen LogP contribution in [0.1, 0.15) is 22.8 Å². The van der Waals surface area contributed by atoms with Crippen molar-refractivity contribution in [2.45, 2.75) is 13.8 Å². The largest absolute Gasteiger partial charge is 0.481 e. The fraction of sp³-hybridized carbons (Fsp3) is 0.429. The van der Waals surface area contributed by atoms with Gasteiger partial charge in [0.15, 0.2) is 0 Å². The molecule has 102 valence electrons. The maximum Gasteiger partial charge on any atom is 0.306 e. The van der Waals surface area contributed by atoms with Crippen molar-refractivity contribution in [1.82, 2.24) is 4.90 Å². The number of halogens is 1. The third-order valence-corrected chi connectivity index (χ3v) is 3.71. The fourth-order valence-electron chi connectivity index (χ4n) is 2.10. The second-order valence-corrected chi connectivity index (χ2v) is 5.06. The Labute approximate surface area is 110 Å². The molecule has 0 aliphatic carbocycles. The van der Waals surface area contributed by atoms with Crippen molar-refractivity contribution >= 4 is 11.9 Å². The van der Waals surface area contributed by atoms with E-state index >= 15 is 0 Å². The second kappa shape index (κ2) is 4.99. The smallest absolute Gasteiger partial charge is 0.306 e. The summed E-state index contributed by atoms with van der Waals surface area (Å²) in [5.41, 5.74) is 0.807. The van der Waals surface area contributed by atoms with Crippen LogP contribution in [0.5, 0.6) is 0 Å². The Bertz CT molecular complexity index is 523. The van der Waals surface area contributed by atoms with Gasteiger partial charge in [-0.1, -0.05) is 13.0 Å². The van der Waals surface area contributed by atoms with E-state index in [9.17, 15) is 14.0 Å². The number of aryl methyl sites for hydroxylation is 1. The van der Waals surface area contributed by atoms with Crippen LogP contribution < -0.4 is 0 Å².